The highest BCUT2D eigenvalue weighted by atomic mass is 32.1. The topological polar surface area (TPSA) is 42.2 Å². The first-order valence-corrected chi connectivity index (χ1v) is 6.54. The lowest BCUT2D eigenvalue weighted by atomic mass is 10.1. The average Bonchev–Trinajstić information content (AvgIpc) is 2.63. The average molecular weight is 225 g/mol. The highest BCUT2D eigenvalue weighted by Crippen LogP contribution is 2.28. The quantitative estimate of drug-likeness (QED) is 0.855. The number of aryl methyl sites for hydroxylation is 1. The minimum Gasteiger partial charge on any atom is -0.348 e. The molecule has 0 spiro atoms. The molecule has 1 aromatic heterocycles. The van der Waals surface area contributed by atoms with Crippen LogP contribution in [-0.4, -0.2) is 24.6 Å². The molecule has 3 nitrogen and oxygen atoms in total. The van der Waals surface area contributed by atoms with Gasteiger partial charge in [-0.1, -0.05) is 0 Å². The molecule has 1 aromatic rings. The summed E-state index contributed by atoms with van der Waals surface area (Å²) in [6.45, 7) is 5.17. The summed E-state index contributed by atoms with van der Waals surface area (Å²) in [6, 6.07) is 0. The van der Waals surface area contributed by atoms with Crippen molar-refractivity contribution in [2.24, 2.45) is 5.73 Å². The Hall–Kier alpha value is -0.610. The molecule has 1 aliphatic heterocycles. The molecule has 0 atom stereocenters. The van der Waals surface area contributed by atoms with Gasteiger partial charge in [-0.25, -0.2) is 4.98 Å². The molecule has 15 heavy (non-hydrogen) atoms. The predicted molar refractivity (Wildman–Crippen MR) is 65.7 cm³/mol. The number of rotatable bonds is 3. The molecule has 1 fully saturated rings. The smallest absolute Gasteiger partial charge is 0.185 e. The summed E-state index contributed by atoms with van der Waals surface area (Å²) in [5, 5.41) is 1.20. The van der Waals surface area contributed by atoms with Crippen molar-refractivity contribution in [1.82, 2.24) is 4.98 Å². The van der Waals surface area contributed by atoms with Crippen LogP contribution in [0.2, 0.25) is 0 Å². The molecule has 2 rings (SSSR count). The number of anilines is 1. The van der Waals surface area contributed by atoms with Gasteiger partial charge in [0.05, 0.1) is 5.69 Å². The molecule has 2 heterocycles. The van der Waals surface area contributed by atoms with Gasteiger partial charge in [0.25, 0.3) is 0 Å². The van der Waals surface area contributed by atoms with Crippen LogP contribution in [0.25, 0.3) is 0 Å². The minimum atomic E-state index is 0.725. The van der Waals surface area contributed by atoms with Crippen LogP contribution in [0.4, 0.5) is 5.13 Å². The zero-order valence-electron chi connectivity index (χ0n) is 9.33. The van der Waals surface area contributed by atoms with Crippen LogP contribution in [0.1, 0.15) is 29.8 Å². The van der Waals surface area contributed by atoms with Crippen LogP contribution < -0.4 is 10.6 Å². The lowest BCUT2D eigenvalue weighted by molar-refractivity contribution is 0.576. The Morgan fingerprint density at radius 2 is 2.07 bits per heavy atom. The fourth-order valence-corrected chi connectivity index (χ4v) is 3.12. The fourth-order valence-electron chi connectivity index (χ4n) is 2.00. The molecule has 0 radical (unpaired) electrons. The van der Waals surface area contributed by atoms with E-state index >= 15 is 0 Å². The van der Waals surface area contributed by atoms with Crippen LogP contribution in [-0.2, 0) is 6.42 Å². The predicted octanol–water partition coefficient (Wildman–Crippen LogP) is 1.94. The molecule has 4 heteroatoms. The van der Waals surface area contributed by atoms with Crippen molar-refractivity contribution in [3.8, 4) is 0 Å². The van der Waals surface area contributed by atoms with E-state index in [1.807, 2.05) is 11.3 Å². The number of aromatic nitrogens is 1. The maximum absolute atomic E-state index is 5.58. The Balaban J connectivity index is 2.10. The van der Waals surface area contributed by atoms with Gasteiger partial charge < -0.3 is 10.6 Å². The van der Waals surface area contributed by atoms with Gasteiger partial charge >= 0.3 is 0 Å². The first kappa shape index (κ1) is 10.9. The summed E-state index contributed by atoms with van der Waals surface area (Å²) < 4.78 is 0. The van der Waals surface area contributed by atoms with E-state index in [0.717, 1.165) is 13.0 Å². The maximum atomic E-state index is 5.58. The second-order valence-electron chi connectivity index (χ2n) is 4.09. The standard InChI is InChI=1S/C11H19N3S/c1-9-10(5-6-12)15-11(13-9)14-7-3-2-4-8-14/h2-8,12H2,1H3. The Bertz CT molecular complexity index is 316. The summed E-state index contributed by atoms with van der Waals surface area (Å²) in [6.07, 6.45) is 4.96. The molecule has 2 N–H and O–H groups in total. The Morgan fingerprint density at radius 1 is 1.33 bits per heavy atom. The molecule has 1 aliphatic rings. The van der Waals surface area contributed by atoms with Crippen molar-refractivity contribution in [3.63, 3.8) is 0 Å². The van der Waals surface area contributed by atoms with Gasteiger partial charge in [-0.2, -0.15) is 0 Å². The zero-order chi connectivity index (χ0) is 10.7. The highest BCUT2D eigenvalue weighted by Gasteiger charge is 2.15. The van der Waals surface area contributed by atoms with Crippen molar-refractivity contribution in [2.45, 2.75) is 32.6 Å². The summed E-state index contributed by atoms with van der Waals surface area (Å²) in [4.78, 5) is 8.42. The largest absolute Gasteiger partial charge is 0.348 e. The summed E-state index contributed by atoms with van der Waals surface area (Å²) in [5.41, 5.74) is 6.75. The van der Waals surface area contributed by atoms with Crippen LogP contribution in [0.3, 0.4) is 0 Å². The molecular weight excluding hydrogens is 206 g/mol. The third-order valence-electron chi connectivity index (χ3n) is 2.88. The van der Waals surface area contributed by atoms with E-state index < -0.39 is 0 Å². The molecule has 0 amide bonds. The summed E-state index contributed by atoms with van der Waals surface area (Å²) in [7, 11) is 0. The van der Waals surface area contributed by atoms with Crippen LogP contribution in [0.15, 0.2) is 0 Å². The van der Waals surface area contributed by atoms with Crippen molar-refractivity contribution in [2.75, 3.05) is 24.5 Å². The van der Waals surface area contributed by atoms with Crippen molar-refractivity contribution >= 4 is 16.5 Å². The lowest BCUT2D eigenvalue weighted by Gasteiger charge is -2.25. The van der Waals surface area contributed by atoms with E-state index in [1.165, 1.54) is 48.1 Å². The number of thiazole rings is 1. The Labute approximate surface area is 95.3 Å². The van der Waals surface area contributed by atoms with E-state index in [4.69, 9.17) is 5.73 Å². The summed E-state index contributed by atoms with van der Waals surface area (Å²) >= 11 is 1.83. The molecule has 0 aliphatic carbocycles. The lowest BCUT2D eigenvalue weighted by Crippen LogP contribution is -2.29. The van der Waals surface area contributed by atoms with E-state index in [2.05, 4.69) is 16.8 Å². The van der Waals surface area contributed by atoms with Gasteiger partial charge in [0.1, 0.15) is 0 Å². The van der Waals surface area contributed by atoms with Gasteiger partial charge in [0, 0.05) is 18.0 Å². The molecule has 1 saturated heterocycles. The van der Waals surface area contributed by atoms with Gasteiger partial charge in [-0.05, 0) is 39.2 Å². The van der Waals surface area contributed by atoms with Crippen LogP contribution in [0, 0.1) is 6.92 Å². The van der Waals surface area contributed by atoms with Gasteiger partial charge in [0.2, 0.25) is 0 Å². The second-order valence-corrected chi connectivity index (χ2v) is 5.15. The number of nitrogens with two attached hydrogens (primary N) is 1. The zero-order valence-corrected chi connectivity index (χ0v) is 10.1. The third kappa shape index (κ3) is 2.49. The molecule has 84 valence electrons. The number of piperidine rings is 1. The van der Waals surface area contributed by atoms with Crippen molar-refractivity contribution in [3.05, 3.63) is 10.6 Å². The SMILES string of the molecule is Cc1nc(N2CCCCC2)sc1CCN. The minimum absolute atomic E-state index is 0.725. The third-order valence-corrected chi connectivity index (χ3v) is 4.16. The van der Waals surface area contributed by atoms with E-state index in [1.54, 1.807) is 0 Å². The number of hydrogen-bond donors (Lipinski definition) is 1. The monoisotopic (exact) mass is 225 g/mol. The highest BCUT2D eigenvalue weighted by molar-refractivity contribution is 7.15. The molecular formula is C11H19N3S. The molecule has 0 bridgehead atoms. The molecule has 0 unspecified atom stereocenters. The maximum Gasteiger partial charge on any atom is 0.185 e. The van der Waals surface area contributed by atoms with E-state index in [-0.39, 0.29) is 0 Å². The van der Waals surface area contributed by atoms with Crippen LogP contribution >= 0.6 is 11.3 Å². The Kier molecular flexibility index (Phi) is 3.59. The van der Waals surface area contributed by atoms with Gasteiger partial charge in [-0.15, -0.1) is 11.3 Å². The summed E-state index contributed by atoms with van der Waals surface area (Å²) in [5.74, 6) is 0. The van der Waals surface area contributed by atoms with E-state index in [9.17, 15) is 0 Å². The van der Waals surface area contributed by atoms with Crippen molar-refractivity contribution in [1.29, 1.82) is 0 Å². The Morgan fingerprint density at radius 3 is 2.73 bits per heavy atom. The normalized spacial score (nSPS) is 17.1. The van der Waals surface area contributed by atoms with Gasteiger partial charge in [-0.3, -0.25) is 0 Å². The first-order valence-electron chi connectivity index (χ1n) is 5.72. The van der Waals surface area contributed by atoms with Crippen molar-refractivity contribution < 1.29 is 0 Å². The molecule has 0 saturated carbocycles. The second kappa shape index (κ2) is 4.94. The van der Waals surface area contributed by atoms with Crippen LogP contribution in [0.5, 0.6) is 0 Å². The first-order chi connectivity index (χ1) is 7.31. The number of nitrogens with zero attached hydrogens (tertiary/aromatic N) is 2. The molecule has 0 aromatic carbocycles. The number of hydrogen-bond acceptors (Lipinski definition) is 4. The fraction of sp³-hybridized carbons (Fsp3) is 0.727. The van der Waals surface area contributed by atoms with Gasteiger partial charge in [0.15, 0.2) is 5.13 Å². The van der Waals surface area contributed by atoms with E-state index in [0.29, 0.717) is 0 Å².